The largest absolute Gasteiger partial charge is 0.486 e. The summed E-state index contributed by atoms with van der Waals surface area (Å²) >= 11 is 0. The van der Waals surface area contributed by atoms with Gasteiger partial charge in [-0.05, 0) is 87.2 Å². The van der Waals surface area contributed by atoms with Crippen LogP contribution in [0, 0.1) is 0 Å². The molecule has 0 fully saturated rings. The zero-order chi connectivity index (χ0) is 34.4. The Labute approximate surface area is 271 Å². The topological polar surface area (TPSA) is 75.6 Å². The Morgan fingerprint density at radius 3 is 1.98 bits per heavy atom. The van der Waals surface area contributed by atoms with Crippen molar-refractivity contribution in [2.75, 3.05) is 6.54 Å². The SMILES string of the molecule is CC(C)c1cc(C(C)(C)C)cc(C(C)(C)C)c1-c1ccc(OC(CCCC(F)(F)F)c2ccc(C(=O)NCCC(=O)O)cc2)cc1. The number of carbonyl (C=O) groups excluding carboxylic acids is 1. The molecule has 0 aliphatic heterocycles. The van der Waals surface area contributed by atoms with Crippen LogP contribution in [0.4, 0.5) is 13.2 Å². The molecule has 0 spiro atoms. The lowest BCUT2D eigenvalue weighted by molar-refractivity contribution is -0.137. The number of ether oxygens (including phenoxy) is 1. The Morgan fingerprint density at radius 1 is 0.870 bits per heavy atom. The first-order valence-corrected chi connectivity index (χ1v) is 15.9. The first-order chi connectivity index (χ1) is 21.3. The van der Waals surface area contributed by atoms with Gasteiger partial charge in [-0.1, -0.05) is 91.8 Å². The van der Waals surface area contributed by atoms with E-state index in [9.17, 15) is 22.8 Å². The van der Waals surface area contributed by atoms with Crippen molar-refractivity contribution >= 4 is 11.9 Å². The minimum absolute atomic E-state index is 0.00820. The molecule has 2 N–H and O–H groups in total. The predicted octanol–water partition coefficient (Wildman–Crippen LogP) is 10.1. The summed E-state index contributed by atoms with van der Waals surface area (Å²) in [5.41, 5.74) is 6.90. The van der Waals surface area contributed by atoms with E-state index in [1.165, 1.54) is 22.3 Å². The van der Waals surface area contributed by atoms with Crippen molar-refractivity contribution < 1.29 is 32.6 Å². The average molecular weight is 640 g/mol. The van der Waals surface area contributed by atoms with E-state index in [0.717, 1.165) is 5.56 Å². The lowest BCUT2D eigenvalue weighted by atomic mass is 9.74. The number of amides is 1. The normalized spacial score (nSPS) is 13.0. The Kier molecular flexibility index (Phi) is 11.7. The first-order valence-electron chi connectivity index (χ1n) is 15.9. The molecule has 1 amide bonds. The van der Waals surface area contributed by atoms with E-state index in [4.69, 9.17) is 9.84 Å². The molecule has 1 unspecified atom stereocenters. The maximum absolute atomic E-state index is 13.0. The zero-order valence-corrected chi connectivity index (χ0v) is 28.3. The minimum Gasteiger partial charge on any atom is -0.486 e. The number of aliphatic carboxylic acids is 1. The van der Waals surface area contributed by atoms with Crippen LogP contribution >= 0.6 is 0 Å². The van der Waals surface area contributed by atoms with E-state index in [-0.39, 0.29) is 42.6 Å². The van der Waals surface area contributed by atoms with Gasteiger partial charge in [-0.3, -0.25) is 9.59 Å². The average Bonchev–Trinajstić information content (AvgIpc) is 2.94. The van der Waals surface area contributed by atoms with Crippen molar-refractivity contribution in [3.05, 3.63) is 88.5 Å². The van der Waals surface area contributed by atoms with E-state index in [0.29, 0.717) is 16.9 Å². The molecule has 0 aliphatic rings. The van der Waals surface area contributed by atoms with Crippen molar-refractivity contribution in [1.29, 1.82) is 0 Å². The molecular weight excluding hydrogens is 591 g/mol. The third-order valence-electron chi connectivity index (χ3n) is 7.98. The van der Waals surface area contributed by atoms with Gasteiger partial charge in [0.05, 0.1) is 6.42 Å². The van der Waals surface area contributed by atoms with Crippen molar-refractivity contribution in [3.63, 3.8) is 0 Å². The quantitative estimate of drug-likeness (QED) is 0.207. The zero-order valence-electron chi connectivity index (χ0n) is 28.3. The second-order valence-corrected chi connectivity index (χ2v) is 14.3. The van der Waals surface area contributed by atoms with Crippen molar-refractivity contribution in [3.8, 4) is 16.9 Å². The van der Waals surface area contributed by atoms with Gasteiger partial charge in [-0.2, -0.15) is 13.2 Å². The van der Waals surface area contributed by atoms with E-state index in [1.54, 1.807) is 24.3 Å². The monoisotopic (exact) mass is 639 g/mol. The molecular formula is C38H48F3NO4. The maximum atomic E-state index is 13.0. The lowest BCUT2D eigenvalue weighted by Gasteiger charge is -2.31. The fourth-order valence-electron chi connectivity index (χ4n) is 5.35. The van der Waals surface area contributed by atoms with Crippen LogP contribution in [-0.2, 0) is 15.6 Å². The van der Waals surface area contributed by atoms with Crippen LogP contribution in [-0.4, -0.2) is 29.7 Å². The summed E-state index contributed by atoms with van der Waals surface area (Å²) in [6, 6.07) is 18.9. The Morgan fingerprint density at radius 2 is 1.48 bits per heavy atom. The minimum atomic E-state index is -4.27. The second kappa shape index (κ2) is 14.7. The molecule has 0 bridgehead atoms. The van der Waals surface area contributed by atoms with Crippen molar-refractivity contribution in [2.45, 2.75) is 110 Å². The number of hydrogen-bond acceptors (Lipinski definition) is 3. The molecule has 8 heteroatoms. The number of carboxylic acids is 1. The standard InChI is InChI=1S/C38H48F3NO4/c1-24(2)30-22-28(36(3,4)5)23-31(37(6,7)8)34(30)26-15-17-29(18-16-26)46-32(10-9-20-38(39,40)41)25-11-13-27(14-12-25)35(45)42-21-19-33(43)44/h11-18,22-24,32H,9-10,19-21H2,1-8H3,(H,42,45)(H,43,44). The summed E-state index contributed by atoms with van der Waals surface area (Å²) in [5, 5.41) is 11.3. The van der Waals surface area contributed by atoms with Crippen LogP contribution in [0.15, 0.2) is 60.7 Å². The molecule has 0 saturated carbocycles. The van der Waals surface area contributed by atoms with Gasteiger partial charge >= 0.3 is 12.1 Å². The highest BCUT2D eigenvalue weighted by Crippen LogP contribution is 2.42. The number of carboxylic acid groups (broad SMARTS) is 1. The van der Waals surface area contributed by atoms with E-state index in [2.05, 4.69) is 72.8 Å². The van der Waals surface area contributed by atoms with Gasteiger partial charge in [0.15, 0.2) is 0 Å². The third-order valence-corrected chi connectivity index (χ3v) is 7.98. The molecule has 3 aromatic rings. The fourth-order valence-corrected chi connectivity index (χ4v) is 5.35. The highest BCUT2D eigenvalue weighted by atomic mass is 19.4. The van der Waals surface area contributed by atoms with Crippen LogP contribution in [0.5, 0.6) is 5.75 Å². The van der Waals surface area contributed by atoms with Crippen molar-refractivity contribution in [1.82, 2.24) is 5.32 Å². The van der Waals surface area contributed by atoms with Gasteiger partial charge in [-0.25, -0.2) is 0 Å². The molecule has 0 aromatic heterocycles. The van der Waals surface area contributed by atoms with Crippen LogP contribution in [0.3, 0.4) is 0 Å². The summed E-state index contributed by atoms with van der Waals surface area (Å²) in [4.78, 5) is 23.1. The second-order valence-electron chi connectivity index (χ2n) is 14.3. The molecule has 0 radical (unpaired) electrons. The number of benzene rings is 3. The summed E-state index contributed by atoms with van der Waals surface area (Å²) in [6.45, 7) is 17.7. The smallest absolute Gasteiger partial charge is 0.389 e. The maximum Gasteiger partial charge on any atom is 0.389 e. The molecule has 0 heterocycles. The number of carbonyl (C=O) groups is 2. The van der Waals surface area contributed by atoms with Crippen LogP contribution in [0.2, 0.25) is 0 Å². The fraction of sp³-hybridized carbons (Fsp3) is 0.474. The number of halogens is 3. The van der Waals surface area contributed by atoms with E-state index >= 15 is 0 Å². The molecule has 3 aromatic carbocycles. The highest BCUT2D eigenvalue weighted by Gasteiger charge is 2.28. The third kappa shape index (κ3) is 10.4. The molecule has 0 aliphatic carbocycles. The molecule has 46 heavy (non-hydrogen) atoms. The van der Waals surface area contributed by atoms with Gasteiger partial charge in [0, 0.05) is 18.5 Å². The number of hydrogen-bond donors (Lipinski definition) is 2. The first kappa shape index (κ1) is 36.7. The van der Waals surface area contributed by atoms with Crippen LogP contribution in [0.1, 0.15) is 126 Å². The van der Waals surface area contributed by atoms with Crippen LogP contribution in [0.25, 0.3) is 11.1 Å². The Balaban J connectivity index is 1.93. The molecule has 3 rings (SSSR count). The number of nitrogens with one attached hydrogen (secondary N) is 1. The summed E-state index contributed by atoms with van der Waals surface area (Å²) in [6.07, 6.45) is -6.04. The predicted molar refractivity (Wildman–Crippen MR) is 178 cm³/mol. The Hall–Kier alpha value is -3.81. The van der Waals surface area contributed by atoms with Gasteiger partial charge in [0.25, 0.3) is 5.91 Å². The molecule has 250 valence electrons. The molecule has 1 atom stereocenters. The lowest BCUT2D eigenvalue weighted by Crippen LogP contribution is -2.26. The van der Waals surface area contributed by atoms with Crippen molar-refractivity contribution in [2.24, 2.45) is 0 Å². The van der Waals surface area contributed by atoms with Gasteiger partial charge in [0.1, 0.15) is 11.9 Å². The summed E-state index contributed by atoms with van der Waals surface area (Å²) in [7, 11) is 0. The Bertz CT molecular complexity index is 1480. The summed E-state index contributed by atoms with van der Waals surface area (Å²) < 4.78 is 45.3. The number of alkyl halides is 3. The van der Waals surface area contributed by atoms with E-state index < -0.39 is 30.6 Å². The molecule has 5 nitrogen and oxygen atoms in total. The van der Waals surface area contributed by atoms with Gasteiger partial charge in [-0.15, -0.1) is 0 Å². The van der Waals surface area contributed by atoms with E-state index in [1.807, 2.05) is 24.3 Å². The van der Waals surface area contributed by atoms with Gasteiger partial charge < -0.3 is 15.2 Å². The van der Waals surface area contributed by atoms with Gasteiger partial charge in [0.2, 0.25) is 0 Å². The highest BCUT2D eigenvalue weighted by molar-refractivity contribution is 5.94. The van der Waals surface area contributed by atoms with Crippen LogP contribution < -0.4 is 10.1 Å². The number of rotatable bonds is 12. The molecule has 0 saturated heterocycles. The summed E-state index contributed by atoms with van der Waals surface area (Å²) in [5.74, 6) is -0.625.